The van der Waals surface area contributed by atoms with Gasteiger partial charge in [-0.3, -0.25) is 0 Å². The molecule has 2 heteroatoms. The third-order valence-electron chi connectivity index (χ3n) is 3.68. The first-order valence-electron chi connectivity index (χ1n) is 7.57. The number of hydrogen-bond acceptors (Lipinski definition) is 2. The van der Waals surface area contributed by atoms with Crippen LogP contribution in [0.25, 0.3) is 0 Å². The minimum absolute atomic E-state index is 0.465. The lowest BCUT2D eigenvalue weighted by Gasteiger charge is -2.26. The Balaban J connectivity index is 2.30. The van der Waals surface area contributed by atoms with Crippen molar-refractivity contribution in [2.24, 2.45) is 0 Å². The first-order chi connectivity index (χ1) is 9.06. The molecule has 0 aliphatic heterocycles. The highest BCUT2D eigenvalue weighted by atomic mass is 16.3. The van der Waals surface area contributed by atoms with Crippen LogP contribution >= 0.6 is 0 Å². The predicted octanol–water partition coefficient (Wildman–Crippen LogP) is 3.84. The second-order valence-corrected chi connectivity index (χ2v) is 5.77. The molecule has 0 amide bonds. The average molecular weight is 263 g/mol. The Kier molecular flexibility index (Phi) is 7.11. The first-order valence-corrected chi connectivity index (χ1v) is 7.57. The van der Waals surface area contributed by atoms with E-state index in [-0.39, 0.29) is 0 Å². The van der Waals surface area contributed by atoms with E-state index in [2.05, 4.69) is 19.2 Å². The lowest BCUT2D eigenvalue weighted by molar-refractivity contribution is 0.0540. The molecule has 0 aliphatic rings. The topological polar surface area (TPSA) is 32.3 Å². The van der Waals surface area contributed by atoms with Crippen LogP contribution < -0.4 is 5.32 Å². The number of nitrogens with one attached hydrogen (secondary N) is 1. The highest BCUT2D eigenvalue weighted by molar-refractivity contribution is 5.21. The van der Waals surface area contributed by atoms with Gasteiger partial charge in [0.15, 0.2) is 0 Å². The summed E-state index contributed by atoms with van der Waals surface area (Å²) >= 11 is 0. The van der Waals surface area contributed by atoms with E-state index in [1.54, 1.807) is 0 Å². The molecule has 0 bridgehead atoms. The van der Waals surface area contributed by atoms with Gasteiger partial charge < -0.3 is 10.4 Å². The Bertz CT molecular complexity index is 334. The van der Waals surface area contributed by atoms with Gasteiger partial charge in [0.2, 0.25) is 0 Å². The highest BCUT2D eigenvalue weighted by Gasteiger charge is 2.22. The van der Waals surface area contributed by atoms with Crippen LogP contribution in [0.3, 0.4) is 0 Å². The molecule has 2 nitrogen and oxygen atoms in total. The minimum Gasteiger partial charge on any atom is -0.384 e. The molecular weight excluding hydrogens is 234 g/mol. The number of rotatable bonds is 9. The fourth-order valence-corrected chi connectivity index (χ4v) is 2.25. The van der Waals surface area contributed by atoms with Crippen LogP contribution in [-0.4, -0.2) is 17.7 Å². The number of unbranched alkanes of at least 4 members (excludes halogenated alkanes) is 3. The van der Waals surface area contributed by atoms with Crippen molar-refractivity contribution in [3.05, 3.63) is 35.9 Å². The van der Waals surface area contributed by atoms with E-state index < -0.39 is 5.60 Å². The van der Waals surface area contributed by atoms with Crippen molar-refractivity contribution in [1.29, 1.82) is 0 Å². The molecule has 2 atom stereocenters. The van der Waals surface area contributed by atoms with Gasteiger partial charge in [-0.15, -0.1) is 0 Å². The Labute approximate surface area is 118 Å². The van der Waals surface area contributed by atoms with Crippen LogP contribution in [0.15, 0.2) is 30.3 Å². The fourth-order valence-electron chi connectivity index (χ4n) is 2.25. The second kappa shape index (κ2) is 8.34. The van der Waals surface area contributed by atoms with Crippen LogP contribution in [0, 0.1) is 0 Å². The van der Waals surface area contributed by atoms with E-state index in [0.29, 0.717) is 12.6 Å². The Hall–Kier alpha value is -0.860. The predicted molar refractivity (Wildman–Crippen MR) is 82.2 cm³/mol. The van der Waals surface area contributed by atoms with E-state index in [9.17, 15) is 5.11 Å². The van der Waals surface area contributed by atoms with Gasteiger partial charge in [-0.1, -0.05) is 62.9 Å². The van der Waals surface area contributed by atoms with Crippen molar-refractivity contribution >= 4 is 0 Å². The number of hydrogen-bond donors (Lipinski definition) is 2. The van der Waals surface area contributed by atoms with E-state index >= 15 is 0 Å². The summed E-state index contributed by atoms with van der Waals surface area (Å²) in [5.74, 6) is 0. The molecule has 0 aliphatic carbocycles. The second-order valence-electron chi connectivity index (χ2n) is 5.77. The van der Waals surface area contributed by atoms with Gasteiger partial charge in [0.1, 0.15) is 0 Å². The van der Waals surface area contributed by atoms with Crippen molar-refractivity contribution in [2.45, 2.75) is 64.5 Å². The van der Waals surface area contributed by atoms with Crippen molar-refractivity contribution in [1.82, 2.24) is 5.32 Å². The monoisotopic (exact) mass is 263 g/mol. The zero-order valence-electron chi connectivity index (χ0n) is 12.7. The van der Waals surface area contributed by atoms with Crippen molar-refractivity contribution in [3.8, 4) is 0 Å². The summed E-state index contributed by atoms with van der Waals surface area (Å²) < 4.78 is 0. The van der Waals surface area contributed by atoms with Crippen molar-refractivity contribution in [3.63, 3.8) is 0 Å². The van der Waals surface area contributed by atoms with Crippen LogP contribution in [0.4, 0.5) is 0 Å². The SMILES string of the molecule is CCCCCCC(C)NCC(C)(O)c1ccccc1. The van der Waals surface area contributed by atoms with Gasteiger partial charge in [0.25, 0.3) is 0 Å². The standard InChI is InChI=1S/C17H29NO/c1-4-5-6-8-11-15(2)18-14-17(3,19)16-12-9-7-10-13-16/h7,9-10,12-13,15,18-19H,4-6,8,11,14H2,1-3H3. The van der Waals surface area contributed by atoms with E-state index in [1.807, 2.05) is 37.3 Å². The smallest absolute Gasteiger partial charge is 0.0992 e. The first kappa shape index (κ1) is 16.2. The zero-order valence-corrected chi connectivity index (χ0v) is 12.7. The van der Waals surface area contributed by atoms with Crippen molar-refractivity contribution < 1.29 is 5.11 Å². The van der Waals surface area contributed by atoms with Gasteiger partial charge in [-0.05, 0) is 25.8 Å². The molecule has 0 aromatic heterocycles. The molecule has 2 N–H and O–H groups in total. The summed E-state index contributed by atoms with van der Waals surface area (Å²) in [5.41, 5.74) is 0.180. The summed E-state index contributed by atoms with van der Waals surface area (Å²) in [7, 11) is 0. The molecular formula is C17H29NO. The normalized spacial score (nSPS) is 16.0. The third kappa shape index (κ3) is 6.22. The highest BCUT2D eigenvalue weighted by Crippen LogP contribution is 2.19. The lowest BCUT2D eigenvalue weighted by atomic mass is 9.95. The Morgan fingerprint density at radius 3 is 2.47 bits per heavy atom. The summed E-state index contributed by atoms with van der Waals surface area (Å²) in [4.78, 5) is 0. The zero-order chi connectivity index (χ0) is 14.1. The maximum Gasteiger partial charge on any atom is 0.0992 e. The molecule has 1 aromatic rings. The molecule has 2 unspecified atom stereocenters. The molecule has 0 saturated carbocycles. The van der Waals surface area contributed by atoms with Gasteiger partial charge in [0, 0.05) is 12.6 Å². The summed E-state index contributed by atoms with van der Waals surface area (Å²) in [5, 5.41) is 13.9. The Morgan fingerprint density at radius 1 is 1.16 bits per heavy atom. The molecule has 0 radical (unpaired) electrons. The summed E-state index contributed by atoms with van der Waals surface area (Å²) in [6, 6.07) is 10.3. The molecule has 19 heavy (non-hydrogen) atoms. The number of benzene rings is 1. The number of aliphatic hydroxyl groups is 1. The molecule has 0 fully saturated rings. The van der Waals surface area contributed by atoms with Gasteiger partial charge in [-0.2, -0.15) is 0 Å². The molecule has 1 rings (SSSR count). The minimum atomic E-state index is -0.793. The van der Waals surface area contributed by atoms with E-state index in [1.165, 1.54) is 32.1 Å². The Morgan fingerprint density at radius 2 is 1.84 bits per heavy atom. The van der Waals surface area contributed by atoms with Crippen molar-refractivity contribution in [2.75, 3.05) is 6.54 Å². The average Bonchev–Trinajstić information content (AvgIpc) is 2.42. The quantitative estimate of drug-likeness (QED) is 0.663. The fraction of sp³-hybridized carbons (Fsp3) is 0.647. The maximum atomic E-state index is 10.5. The van der Waals surface area contributed by atoms with Crippen LogP contribution in [-0.2, 0) is 5.60 Å². The molecule has 0 spiro atoms. The molecule has 108 valence electrons. The van der Waals surface area contributed by atoms with Gasteiger partial charge in [0.05, 0.1) is 5.60 Å². The lowest BCUT2D eigenvalue weighted by Crippen LogP contribution is -2.39. The van der Waals surface area contributed by atoms with Crippen LogP contribution in [0.2, 0.25) is 0 Å². The maximum absolute atomic E-state index is 10.5. The van der Waals surface area contributed by atoms with E-state index in [0.717, 1.165) is 5.56 Å². The molecule has 0 saturated heterocycles. The molecule has 0 heterocycles. The molecule has 1 aromatic carbocycles. The largest absolute Gasteiger partial charge is 0.384 e. The summed E-state index contributed by atoms with van der Waals surface area (Å²) in [6.45, 7) is 6.91. The summed E-state index contributed by atoms with van der Waals surface area (Å²) in [6.07, 6.45) is 6.39. The van der Waals surface area contributed by atoms with Gasteiger partial charge in [-0.25, -0.2) is 0 Å². The van der Waals surface area contributed by atoms with E-state index in [4.69, 9.17) is 0 Å². The van der Waals surface area contributed by atoms with Gasteiger partial charge >= 0.3 is 0 Å². The van der Waals surface area contributed by atoms with Crippen LogP contribution in [0.5, 0.6) is 0 Å². The van der Waals surface area contributed by atoms with Crippen LogP contribution in [0.1, 0.15) is 58.4 Å². The third-order valence-corrected chi connectivity index (χ3v) is 3.68.